The molecule has 0 atom stereocenters. The molecule has 0 bridgehead atoms. The van der Waals surface area contributed by atoms with Gasteiger partial charge in [-0.1, -0.05) is 55.8 Å². The van der Waals surface area contributed by atoms with E-state index in [0.717, 1.165) is 5.56 Å². The number of rotatable bonds is 4. The van der Waals surface area contributed by atoms with Crippen LogP contribution < -0.4 is 10.6 Å². The Morgan fingerprint density at radius 2 is 1.74 bits per heavy atom. The molecule has 0 fully saturated rings. The first-order chi connectivity index (χ1) is 11.0. The number of hydrogen-bond donors (Lipinski definition) is 2. The van der Waals surface area contributed by atoms with Crippen LogP contribution in [0.15, 0.2) is 48.5 Å². The van der Waals surface area contributed by atoms with Crippen molar-refractivity contribution in [1.29, 1.82) is 0 Å². The van der Waals surface area contributed by atoms with Gasteiger partial charge in [-0.15, -0.1) is 0 Å². The van der Waals surface area contributed by atoms with Crippen molar-refractivity contribution in [3.63, 3.8) is 0 Å². The average Bonchev–Trinajstić information content (AvgIpc) is 2.53. The van der Waals surface area contributed by atoms with E-state index in [-0.39, 0.29) is 0 Å². The number of anilines is 1. The van der Waals surface area contributed by atoms with Gasteiger partial charge in [-0.3, -0.25) is 9.59 Å². The van der Waals surface area contributed by atoms with Gasteiger partial charge < -0.3 is 10.6 Å². The summed E-state index contributed by atoms with van der Waals surface area (Å²) in [6, 6.07) is 14.6. The number of nitrogens with one attached hydrogen (secondary N) is 2. The van der Waals surface area contributed by atoms with E-state index < -0.39 is 11.8 Å². The molecule has 0 aliphatic rings. The van der Waals surface area contributed by atoms with Gasteiger partial charge in [0.25, 0.3) is 0 Å². The van der Waals surface area contributed by atoms with Gasteiger partial charge in [-0.2, -0.15) is 0 Å². The Morgan fingerprint density at radius 1 is 1.04 bits per heavy atom. The summed E-state index contributed by atoms with van der Waals surface area (Å²) in [5, 5.41) is 5.60. The molecule has 120 valence electrons. The van der Waals surface area contributed by atoms with E-state index in [1.54, 1.807) is 24.3 Å². The summed E-state index contributed by atoms with van der Waals surface area (Å²) in [5.41, 5.74) is 2.66. The van der Waals surface area contributed by atoms with Crippen molar-refractivity contribution in [3.05, 3.63) is 64.7 Å². The second kappa shape index (κ2) is 7.79. The fourth-order valence-electron chi connectivity index (χ4n) is 2.04. The highest BCUT2D eigenvalue weighted by molar-refractivity contribution is 6.39. The molecule has 4 nitrogen and oxygen atoms in total. The van der Waals surface area contributed by atoms with E-state index >= 15 is 0 Å². The molecule has 5 heteroatoms. The number of halogens is 1. The maximum atomic E-state index is 11.8. The predicted octanol–water partition coefficient (Wildman–Crippen LogP) is 3.72. The quantitative estimate of drug-likeness (QED) is 0.839. The molecule has 0 radical (unpaired) electrons. The Hall–Kier alpha value is -2.33. The molecule has 0 spiro atoms. The molecule has 2 aromatic carbocycles. The Balaban J connectivity index is 1.87. The van der Waals surface area contributed by atoms with E-state index in [1.165, 1.54) is 5.56 Å². The maximum Gasteiger partial charge on any atom is 0.313 e. The first-order valence-corrected chi connectivity index (χ1v) is 7.77. The number of amides is 2. The lowest BCUT2D eigenvalue weighted by atomic mass is 10.0. The normalized spacial score (nSPS) is 10.4. The van der Waals surface area contributed by atoms with Crippen LogP contribution in [0.2, 0.25) is 5.02 Å². The van der Waals surface area contributed by atoms with Crippen LogP contribution in [0.25, 0.3) is 0 Å². The summed E-state index contributed by atoms with van der Waals surface area (Å²) in [6.45, 7) is 4.55. The number of benzene rings is 2. The van der Waals surface area contributed by atoms with Gasteiger partial charge in [-0.25, -0.2) is 0 Å². The topological polar surface area (TPSA) is 58.2 Å². The van der Waals surface area contributed by atoms with E-state index in [9.17, 15) is 9.59 Å². The minimum absolute atomic E-state index is 0.306. The van der Waals surface area contributed by atoms with E-state index in [2.05, 4.69) is 24.5 Å². The molecule has 2 rings (SSSR count). The van der Waals surface area contributed by atoms with Crippen LogP contribution in [0.3, 0.4) is 0 Å². The minimum Gasteiger partial charge on any atom is -0.344 e. The fourth-order valence-corrected chi connectivity index (χ4v) is 2.23. The van der Waals surface area contributed by atoms with Crippen LogP contribution >= 0.6 is 11.6 Å². The molecule has 23 heavy (non-hydrogen) atoms. The van der Waals surface area contributed by atoms with E-state index in [1.807, 2.05) is 24.3 Å². The largest absolute Gasteiger partial charge is 0.344 e. The first-order valence-electron chi connectivity index (χ1n) is 7.39. The van der Waals surface area contributed by atoms with Gasteiger partial charge in [0.2, 0.25) is 0 Å². The van der Waals surface area contributed by atoms with Crippen molar-refractivity contribution in [2.45, 2.75) is 26.3 Å². The molecule has 0 aliphatic heterocycles. The lowest BCUT2D eigenvalue weighted by Gasteiger charge is -2.09. The highest BCUT2D eigenvalue weighted by Crippen LogP contribution is 2.15. The second-order valence-electron chi connectivity index (χ2n) is 5.54. The van der Waals surface area contributed by atoms with E-state index in [4.69, 9.17) is 11.6 Å². The molecule has 2 N–H and O–H groups in total. The number of carbonyl (C=O) groups excluding carboxylic acids is 2. The molecule has 2 aromatic rings. The van der Waals surface area contributed by atoms with Crippen LogP contribution in [-0.4, -0.2) is 11.8 Å². The highest BCUT2D eigenvalue weighted by Gasteiger charge is 2.13. The molecule has 0 unspecified atom stereocenters. The monoisotopic (exact) mass is 330 g/mol. The summed E-state index contributed by atoms with van der Waals surface area (Å²) >= 11 is 5.83. The SMILES string of the molecule is CC(C)c1ccc(CNC(=O)C(=O)Nc2cccc(Cl)c2)cc1. The Morgan fingerprint density at radius 3 is 2.35 bits per heavy atom. The van der Waals surface area contributed by atoms with Crippen LogP contribution in [0.5, 0.6) is 0 Å². The molecule has 0 aromatic heterocycles. The van der Waals surface area contributed by atoms with Crippen molar-refractivity contribution in [3.8, 4) is 0 Å². The Labute approximate surface area is 140 Å². The number of hydrogen-bond acceptors (Lipinski definition) is 2. The summed E-state index contributed by atoms with van der Waals surface area (Å²) < 4.78 is 0. The molecule has 0 aliphatic carbocycles. The van der Waals surface area contributed by atoms with Crippen LogP contribution in [0, 0.1) is 0 Å². The standard InChI is InChI=1S/C18H19ClN2O2/c1-12(2)14-8-6-13(7-9-14)11-20-17(22)18(23)21-16-5-3-4-15(19)10-16/h3-10,12H,11H2,1-2H3,(H,20,22)(H,21,23). The third-order valence-corrected chi connectivity index (χ3v) is 3.62. The van der Waals surface area contributed by atoms with E-state index in [0.29, 0.717) is 23.2 Å². The summed E-state index contributed by atoms with van der Waals surface area (Å²) in [6.07, 6.45) is 0. The lowest BCUT2D eigenvalue weighted by molar-refractivity contribution is -0.136. The molecule has 0 heterocycles. The van der Waals surface area contributed by atoms with Crippen LogP contribution in [0.4, 0.5) is 5.69 Å². The third-order valence-electron chi connectivity index (χ3n) is 3.39. The highest BCUT2D eigenvalue weighted by atomic mass is 35.5. The third kappa shape index (κ3) is 5.11. The summed E-state index contributed by atoms with van der Waals surface area (Å²) in [5.74, 6) is -0.939. The van der Waals surface area contributed by atoms with Crippen molar-refractivity contribution in [1.82, 2.24) is 5.32 Å². The molecule has 0 saturated heterocycles. The van der Waals surface area contributed by atoms with Crippen molar-refractivity contribution >= 4 is 29.1 Å². The minimum atomic E-state index is -0.717. The molecular weight excluding hydrogens is 312 g/mol. The van der Waals surface area contributed by atoms with Crippen LogP contribution in [-0.2, 0) is 16.1 Å². The zero-order valence-corrected chi connectivity index (χ0v) is 13.9. The molecule has 2 amide bonds. The van der Waals surface area contributed by atoms with Crippen molar-refractivity contribution < 1.29 is 9.59 Å². The predicted molar refractivity (Wildman–Crippen MR) is 92.5 cm³/mol. The van der Waals surface area contributed by atoms with Crippen molar-refractivity contribution in [2.24, 2.45) is 0 Å². The first kappa shape index (κ1) is 17.0. The van der Waals surface area contributed by atoms with Gasteiger partial charge in [0.15, 0.2) is 0 Å². The maximum absolute atomic E-state index is 11.8. The van der Waals surface area contributed by atoms with Crippen molar-refractivity contribution in [2.75, 3.05) is 5.32 Å². The second-order valence-corrected chi connectivity index (χ2v) is 5.98. The average molecular weight is 331 g/mol. The summed E-state index contributed by atoms with van der Waals surface area (Å²) in [7, 11) is 0. The Bertz CT molecular complexity index is 696. The zero-order valence-electron chi connectivity index (χ0n) is 13.1. The van der Waals surface area contributed by atoms with Gasteiger partial charge in [0.05, 0.1) is 0 Å². The van der Waals surface area contributed by atoms with Crippen LogP contribution in [0.1, 0.15) is 30.9 Å². The van der Waals surface area contributed by atoms with Gasteiger partial charge in [0, 0.05) is 17.3 Å². The molecule has 0 saturated carbocycles. The van der Waals surface area contributed by atoms with Gasteiger partial charge in [0.1, 0.15) is 0 Å². The Kier molecular flexibility index (Phi) is 5.77. The lowest BCUT2D eigenvalue weighted by Crippen LogP contribution is -2.34. The fraction of sp³-hybridized carbons (Fsp3) is 0.222. The summed E-state index contributed by atoms with van der Waals surface area (Å²) in [4.78, 5) is 23.6. The number of carbonyl (C=O) groups is 2. The van der Waals surface area contributed by atoms with Gasteiger partial charge in [-0.05, 0) is 35.2 Å². The molecular formula is C18H19ClN2O2. The van der Waals surface area contributed by atoms with Gasteiger partial charge >= 0.3 is 11.8 Å². The smallest absolute Gasteiger partial charge is 0.313 e. The zero-order chi connectivity index (χ0) is 16.8.